The van der Waals surface area contributed by atoms with E-state index >= 15 is 0 Å². The second kappa shape index (κ2) is 5.93. The number of nitrogens with two attached hydrogens (primary N) is 1. The van der Waals surface area contributed by atoms with E-state index in [0.29, 0.717) is 16.3 Å². The second-order valence-corrected chi connectivity index (χ2v) is 5.31. The van der Waals surface area contributed by atoms with E-state index in [1.165, 1.54) is 6.07 Å². The van der Waals surface area contributed by atoms with Gasteiger partial charge in [-0.3, -0.25) is 9.59 Å². The minimum atomic E-state index is -0.689. The van der Waals surface area contributed by atoms with Gasteiger partial charge in [-0.05, 0) is 32.0 Å². The van der Waals surface area contributed by atoms with Crippen molar-refractivity contribution in [2.45, 2.75) is 13.8 Å². The summed E-state index contributed by atoms with van der Waals surface area (Å²) in [6.07, 6.45) is 0. The molecular weight excluding hydrogens is 266 g/mol. The molecule has 0 aliphatic heterocycles. The zero-order valence-electron chi connectivity index (χ0n) is 11.2. The fourth-order valence-corrected chi connectivity index (χ4v) is 1.74. The first-order chi connectivity index (χ1) is 8.77. The van der Waals surface area contributed by atoms with Crippen molar-refractivity contribution in [2.24, 2.45) is 5.41 Å². The van der Waals surface area contributed by atoms with Gasteiger partial charge in [0.2, 0.25) is 5.91 Å². The molecule has 0 fully saturated rings. The summed E-state index contributed by atoms with van der Waals surface area (Å²) in [5.74, 6) is -0.469. The normalized spacial score (nSPS) is 10.9. The van der Waals surface area contributed by atoms with Gasteiger partial charge >= 0.3 is 0 Å². The Kier molecular flexibility index (Phi) is 4.78. The lowest BCUT2D eigenvalue weighted by molar-refractivity contribution is -0.128. The average molecular weight is 284 g/mol. The van der Waals surface area contributed by atoms with E-state index in [-0.39, 0.29) is 18.4 Å². The number of hydrogen-bond donors (Lipinski definition) is 3. The smallest absolute Gasteiger partial charge is 0.253 e. The number of benzene rings is 1. The zero-order valence-corrected chi connectivity index (χ0v) is 12.0. The average Bonchev–Trinajstić information content (AvgIpc) is 2.35. The van der Waals surface area contributed by atoms with E-state index in [9.17, 15) is 9.59 Å². The molecule has 0 aromatic heterocycles. The Morgan fingerprint density at radius 2 is 2.00 bits per heavy atom. The quantitative estimate of drug-likeness (QED) is 0.731. The molecular formula is C13H18ClN3O2. The monoisotopic (exact) mass is 283 g/mol. The van der Waals surface area contributed by atoms with Crippen LogP contribution in [0.25, 0.3) is 0 Å². The number of hydrogen-bond acceptors (Lipinski definition) is 3. The largest absolute Gasteiger partial charge is 0.398 e. The van der Waals surface area contributed by atoms with Crippen molar-refractivity contribution in [3.8, 4) is 0 Å². The van der Waals surface area contributed by atoms with Gasteiger partial charge in [0, 0.05) is 24.3 Å². The lowest BCUT2D eigenvalue weighted by atomic mass is 9.92. The van der Waals surface area contributed by atoms with Crippen LogP contribution in [0.15, 0.2) is 18.2 Å². The van der Waals surface area contributed by atoms with E-state index in [0.717, 1.165) is 0 Å². The highest BCUT2D eigenvalue weighted by atomic mass is 35.5. The third-order valence-corrected chi connectivity index (χ3v) is 3.03. The molecule has 0 bridgehead atoms. The maximum absolute atomic E-state index is 12.0. The minimum absolute atomic E-state index is 0.142. The van der Waals surface area contributed by atoms with Crippen LogP contribution in [0.1, 0.15) is 24.2 Å². The Hall–Kier alpha value is -1.75. The van der Waals surface area contributed by atoms with Gasteiger partial charge in [0.25, 0.3) is 5.91 Å². The molecule has 0 saturated heterocycles. The van der Waals surface area contributed by atoms with Gasteiger partial charge in [-0.25, -0.2) is 0 Å². The summed E-state index contributed by atoms with van der Waals surface area (Å²) >= 11 is 5.77. The van der Waals surface area contributed by atoms with Crippen molar-refractivity contribution >= 4 is 29.1 Å². The first-order valence-corrected chi connectivity index (χ1v) is 6.21. The molecule has 0 unspecified atom stereocenters. The van der Waals surface area contributed by atoms with Gasteiger partial charge in [0.1, 0.15) is 0 Å². The van der Waals surface area contributed by atoms with Crippen LogP contribution in [0.3, 0.4) is 0 Å². The first kappa shape index (κ1) is 15.3. The number of carbonyl (C=O) groups excluding carboxylic acids is 2. The molecule has 6 heteroatoms. The van der Waals surface area contributed by atoms with Crippen LogP contribution in [0.2, 0.25) is 5.02 Å². The summed E-state index contributed by atoms with van der Waals surface area (Å²) in [7, 11) is 1.56. The van der Waals surface area contributed by atoms with Crippen molar-refractivity contribution in [3.63, 3.8) is 0 Å². The second-order valence-electron chi connectivity index (χ2n) is 4.88. The molecule has 0 aliphatic rings. The van der Waals surface area contributed by atoms with Crippen molar-refractivity contribution in [2.75, 3.05) is 19.3 Å². The van der Waals surface area contributed by atoms with Crippen molar-refractivity contribution < 1.29 is 9.59 Å². The highest BCUT2D eigenvalue weighted by Crippen LogP contribution is 2.19. The molecule has 4 N–H and O–H groups in total. The number of amides is 2. The van der Waals surface area contributed by atoms with Crippen LogP contribution >= 0.6 is 11.6 Å². The molecule has 0 spiro atoms. The molecule has 0 saturated carbocycles. The molecule has 19 heavy (non-hydrogen) atoms. The highest BCUT2D eigenvalue weighted by molar-refractivity contribution is 6.31. The molecule has 1 rings (SSSR count). The molecule has 0 aliphatic carbocycles. The Morgan fingerprint density at radius 1 is 1.37 bits per heavy atom. The van der Waals surface area contributed by atoms with Crippen LogP contribution in [0.4, 0.5) is 5.69 Å². The van der Waals surface area contributed by atoms with E-state index < -0.39 is 5.41 Å². The van der Waals surface area contributed by atoms with Crippen LogP contribution in [0, 0.1) is 5.41 Å². The van der Waals surface area contributed by atoms with Gasteiger partial charge in [-0.15, -0.1) is 0 Å². The van der Waals surface area contributed by atoms with Crippen molar-refractivity contribution in [3.05, 3.63) is 28.8 Å². The summed E-state index contributed by atoms with van der Waals surface area (Å²) in [6.45, 7) is 3.71. The van der Waals surface area contributed by atoms with Gasteiger partial charge < -0.3 is 16.4 Å². The van der Waals surface area contributed by atoms with E-state index in [4.69, 9.17) is 17.3 Å². The Morgan fingerprint density at radius 3 is 2.53 bits per heavy atom. The lowest BCUT2D eigenvalue weighted by Crippen LogP contribution is -2.43. The number of anilines is 1. The molecule has 5 nitrogen and oxygen atoms in total. The van der Waals surface area contributed by atoms with Gasteiger partial charge in [-0.2, -0.15) is 0 Å². The first-order valence-electron chi connectivity index (χ1n) is 5.83. The number of rotatable bonds is 4. The number of halogens is 1. The summed E-state index contributed by atoms with van der Waals surface area (Å²) in [6, 6.07) is 4.66. The van der Waals surface area contributed by atoms with Crippen LogP contribution in [-0.4, -0.2) is 25.4 Å². The van der Waals surface area contributed by atoms with E-state index in [2.05, 4.69) is 10.6 Å². The number of carbonyl (C=O) groups is 2. The Bertz CT molecular complexity index is 501. The third kappa shape index (κ3) is 3.86. The van der Waals surface area contributed by atoms with E-state index in [1.54, 1.807) is 33.0 Å². The molecule has 1 aromatic carbocycles. The van der Waals surface area contributed by atoms with Gasteiger partial charge in [0.05, 0.1) is 11.0 Å². The maximum atomic E-state index is 12.0. The molecule has 1 aromatic rings. The molecule has 0 atom stereocenters. The lowest BCUT2D eigenvalue weighted by Gasteiger charge is -2.23. The number of nitrogen functional groups attached to an aromatic ring is 1. The fraction of sp³-hybridized carbons (Fsp3) is 0.385. The molecule has 2 amide bonds. The molecule has 0 radical (unpaired) electrons. The summed E-state index contributed by atoms with van der Waals surface area (Å²) in [5, 5.41) is 5.72. The standard InChI is InChI=1S/C13H18ClN3O2/c1-13(2,12(19)16-3)7-17-11(18)9-5-4-8(14)6-10(9)15/h4-6H,7,15H2,1-3H3,(H,16,19)(H,17,18). The predicted molar refractivity (Wildman–Crippen MR) is 76.0 cm³/mol. The van der Waals surface area contributed by atoms with Gasteiger partial charge in [-0.1, -0.05) is 11.6 Å². The summed E-state index contributed by atoms with van der Waals surface area (Å²) in [4.78, 5) is 23.6. The molecule has 104 valence electrons. The SMILES string of the molecule is CNC(=O)C(C)(C)CNC(=O)c1ccc(Cl)cc1N. The predicted octanol–water partition coefficient (Wildman–Crippen LogP) is 1.42. The Labute approximate surface area is 117 Å². The Balaban J connectivity index is 2.73. The van der Waals surface area contributed by atoms with Crippen molar-refractivity contribution in [1.29, 1.82) is 0 Å². The van der Waals surface area contributed by atoms with Crippen molar-refractivity contribution in [1.82, 2.24) is 10.6 Å². The number of nitrogens with one attached hydrogen (secondary N) is 2. The summed E-state index contributed by atoms with van der Waals surface area (Å²) in [5.41, 5.74) is 5.69. The minimum Gasteiger partial charge on any atom is -0.398 e. The highest BCUT2D eigenvalue weighted by Gasteiger charge is 2.27. The van der Waals surface area contributed by atoms with Crippen LogP contribution < -0.4 is 16.4 Å². The topological polar surface area (TPSA) is 84.2 Å². The fourth-order valence-electron chi connectivity index (χ4n) is 1.56. The van der Waals surface area contributed by atoms with Gasteiger partial charge in [0.15, 0.2) is 0 Å². The third-order valence-electron chi connectivity index (χ3n) is 2.79. The zero-order chi connectivity index (χ0) is 14.6. The molecule has 0 heterocycles. The van der Waals surface area contributed by atoms with E-state index in [1.807, 2.05) is 0 Å². The van der Waals surface area contributed by atoms with Crippen LogP contribution in [-0.2, 0) is 4.79 Å². The van der Waals surface area contributed by atoms with Crippen LogP contribution in [0.5, 0.6) is 0 Å². The summed E-state index contributed by atoms with van der Waals surface area (Å²) < 4.78 is 0. The maximum Gasteiger partial charge on any atom is 0.253 e.